The molecule has 0 amide bonds. The van der Waals surface area contributed by atoms with E-state index in [0.29, 0.717) is 6.54 Å². The fraction of sp³-hybridized carbons (Fsp3) is 0.231. The summed E-state index contributed by atoms with van der Waals surface area (Å²) in [6.45, 7) is 4.50. The van der Waals surface area contributed by atoms with Crippen molar-refractivity contribution in [2.45, 2.75) is 30.3 Å². The van der Waals surface area contributed by atoms with Crippen LogP contribution in [0.25, 0.3) is 0 Å². The van der Waals surface area contributed by atoms with Crippen LogP contribution in [0.15, 0.2) is 40.4 Å². The van der Waals surface area contributed by atoms with Crippen LogP contribution in [0, 0.1) is 13.8 Å². The van der Waals surface area contributed by atoms with Crippen LogP contribution in [-0.2, 0) is 6.54 Å². The third-order valence-corrected chi connectivity index (χ3v) is 3.51. The van der Waals surface area contributed by atoms with Crippen LogP contribution in [0.2, 0.25) is 0 Å². The highest BCUT2D eigenvalue weighted by molar-refractivity contribution is 7.99. The zero-order valence-electron chi connectivity index (χ0n) is 9.97. The van der Waals surface area contributed by atoms with Gasteiger partial charge in [0.15, 0.2) is 0 Å². The Morgan fingerprint density at radius 1 is 1.29 bits per heavy atom. The van der Waals surface area contributed by atoms with Crippen molar-refractivity contribution in [1.82, 2.24) is 9.97 Å². The lowest BCUT2D eigenvalue weighted by Gasteiger charge is -2.10. The number of nitrogens with zero attached hydrogens (tertiary/aromatic N) is 2. The van der Waals surface area contributed by atoms with Gasteiger partial charge in [0, 0.05) is 34.6 Å². The first-order valence-corrected chi connectivity index (χ1v) is 6.28. The fourth-order valence-electron chi connectivity index (χ4n) is 1.68. The van der Waals surface area contributed by atoms with Crippen molar-refractivity contribution in [3.8, 4) is 0 Å². The van der Waals surface area contributed by atoms with Crippen molar-refractivity contribution < 1.29 is 0 Å². The molecule has 0 radical (unpaired) electrons. The molecule has 0 aliphatic heterocycles. The number of pyridine rings is 2. The summed E-state index contributed by atoms with van der Waals surface area (Å²) in [7, 11) is 0. The summed E-state index contributed by atoms with van der Waals surface area (Å²) in [5.74, 6) is 0. The molecular formula is C13H15N3S. The molecular weight excluding hydrogens is 230 g/mol. The normalized spacial score (nSPS) is 10.5. The molecule has 2 rings (SSSR count). The van der Waals surface area contributed by atoms with Crippen LogP contribution in [0.5, 0.6) is 0 Å². The Kier molecular flexibility index (Phi) is 3.76. The lowest BCUT2D eigenvalue weighted by molar-refractivity contribution is 0.943. The number of nitrogens with two attached hydrogens (primary N) is 1. The van der Waals surface area contributed by atoms with E-state index in [1.165, 1.54) is 0 Å². The highest BCUT2D eigenvalue weighted by Gasteiger charge is 2.08. The molecule has 0 spiro atoms. The molecule has 3 nitrogen and oxygen atoms in total. The van der Waals surface area contributed by atoms with Gasteiger partial charge >= 0.3 is 0 Å². The summed E-state index contributed by atoms with van der Waals surface area (Å²) < 4.78 is 0. The van der Waals surface area contributed by atoms with E-state index in [1.54, 1.807) is 18.0 Å². The average Bonchev–Trinajstić information content (AvgIpc) is 2.30. The monoisotopic (exact) mass is 245 g/mol. The van der Waals surface area contributed by atoms with E-state index in [0.717, 1.165) is 26.9 Å². The largest absolute Gasteiger partial charge is 0.326 e. The van der Waals surface area contributed by atoms with Gasteiger partial charge in [-0.05, 0) is 32.0 Å². The van der Waals surface area contributed by atoms with Gasteiger partial charge in [-0.25, -0.2) is 4.98 Å². The SMILES string of the molecule is Cc1cc(Sc2ccccn2)c(CN)c(C)n1. The quantitative estimate of drug-likeness (QED) is 0.903. The van der Waals surface area contributed by atoms with Gasteiger partial charge in [0.25, 0.3) is 0 Å². The van der Waals surface area contributed by atoms with Crippen LogP contribution >= 0.6 is 11.8 Å². The smallest absolute Gasteiger partial charge is 0.101 e. The third kappa shape index (κ3) is 2.84. The number of hydrogen-bond donors (Lipinski definition) is 1. The molecule has 0 unspecified atom stereocenters. The lowest BCUT2D eigenvalue weighted by Crippen LogP contribution is -2.04. The molecule has 0 aliphatic rings. The minimum atomic E-state index is 0.508. The van der Waals surface area contributed by atoms with Crippen LogP contribution in [0.1, 0.15) is 17.0 Å². The van der Waals surface area contributed by atoms with Gasteiger partial charge in [-0.3, -0.25) is 4.98 Å². The van der Waals surface area contributed by atoms with E-state index in [1.807, 2.05) is 32.0 Å². The van der Waals surface area contributed by atoms with Crippen molar-refractivity contribution in [3.05, 3.63) is 47.4 Å². The van der Waals surface area contributed by atoms with Crippen LogP contribution in [-0.4, -0.2) is 9.97 Å². The topological polar surface area (TPSA) is 51.8 Å². The maximum atomic E-state index is 5.78. The van der Waals surface area contributed by atoms with Gasteiger partial charge in [0.2, 0.25) is 0 Å². The first-order valence-electron chi connectivity index (χ1n) is 5.47. The number of aryl methyl sites for hydroxylation is 2. The second kappa shape index (κ2) is 5.29. The van der Waals surface area contributed by atoms with Crippen LogP contribution < -0.4 is 5.73 Å². The van der Waals surface area contributed by atoms with Gasteiger partial charge < -0.3 is 5.73 Å². The van der Waals surface area contributed by atoms with Crippen LogP contribution in [0.3, 0.4) is 0 Å². The second-order valence-electron chi connectivity index (χ2n) is 3.80. The number of rotatable bonds is 3. The van der Waals surface area contributed by atoms with Crippen molar-refractivity contribution in [1.29, 1.82) is 0 Å². The minimum absolute atomic E-state index is 0.508. The van der Waals surface area contributed by atoms with Gasteiger partial charge in [0.1, 0.15) is 5.03 Å². The molecule has 2 heterocycles. The van der Waals surface area contributed by atoms with Crippen molar-refractivity contribution in [3.63, 3.8) is 0 Å². The van der Waals surface area contributed by atoms with E-state index >= 15 is 0 Å². The first-order chi connectivity index (χ1) is 8.20. The Bertz CT molecular complexity index is 512. The zero-order chi connectivity index (χ0) is 12.3. The van der Waals surface area contributed by atoms with E-state index in [2.05, 4.69) is 16.0 Å². The van der Waals surface area contributed by atoms with E-state index in [9.17, 15) is 0 Å². The number of hydrogen-bond acceptors (Lipinski definition) is 4. The maximum absolute atomic E-state index is 5.78. The van der Waals surface area contributed by atoms with Gasteiger partial charge in [-0.2, -0.15) is 0 Å². The zero-order valence-corrected chi connectivity index (χ0v) is 10.8. The average molecular weight is 245 g/mol. The Hall–Kier alpha value is -1.39. The molecule has 0 atom stereocenters. The molecule has 0 aliphatic carbocycles. The maximum Gasteiger partial charge on any atom is 0.101 e. The lowest BCUT2D eigenvalue weighted by atomic mass is 10.2. The number of aromatic nitrogens is 2. The van der Waals surface area contributed by atoms with Gasteiger partial charge in [-0.15, -0.1) is 0 Å². The van der Waals surface area contributed by atoms with Gasteiger partial charge in [0.05, 0.1) is 0 Å². The van der Waals surface area contributed by atoms with Crippen molar-refractivity contribution in [2.24, 2.45) is 5.73 Å². The van der Waals surface area contributed by atoms with Crippen molar-refractivity contribution >= 4 is 11.8 Å². The Balaban J connectivity index is 2.38. The molecule has 0 fully saturated rings. The summed E-state index contributed by atoms with van der Waals surface area (Å²) in [4.78, 5) is 9.89. The molecule has 0 bridgehead atoms. The second-order valence-corrected chi connectivity index (χ2v) is 4.86. The molecule has 0 aromatic carbocycles. The Morgan fingerprint density at radius 3 is 2.76 bits per heavy atom. The standard InChI is InChI=1S/C13H15N3S/c1-9-7-12(11(8-14)10(2)16-9)17-13-5-3-4-6-15-13/h3-7H,8,14H2,1-2H3. The highest BCUT2D eigenvalue weighted by atomic mass is 32.2. The summed E-state index contributed by atoms with van der Waals surface area (Å²) in [5, 5.41) is 0.979. The van der Waals surface area contributed by atoms with E-state index in [-0.39, 0.29) is 0 Å². The molecule has 0 saturated heterocycles. The summed E-state index contributed by atoms with van der Waals surface area (Å²) >= 11 is 1.64. The Labute approximate surface area is 105 Å². The summed E-state index contributed by atoms with van der Waals surface area (Å²) in [6.07, 6.45) is 1.80. The minimum Gasteiger partial charge on any atom is -0.326 e. The molecule has 2 aromatic rings. The Morgan fingerprint density at radius 2 is 2.12 bits per heavy atom. The molecule has 4 heteroatoms. The fourth-order valence-corrected chi connectivity index (χ4v) is 2.75. The molecule has 88 valence electrons. The van der Waals surface area contributed by atoms with Crippen molar-refractivity contribution in [2.75, 3.05) is 0 Å². The summed E-state index contributed by atoms with van der Waals surface area (Å²) in [5.41, 5.74) is 8.90. The van der Waals surface area contributed by atoms with E-state index in [4.69, 9.17) is 5.73 Å². The third-order valence-electron chi connectivity index (χ3n) is 2.47. The molecule has 2 aromatic heterocycles. The molecule has 17 heavy (non-hydrogen) atoms. The molecule has 0 saturated carbocycles. The highest BCUT2D eigenvalue weighted by Crippen LogP contribution is 2.30. The molecule has 2 N–H and O–H groups in total. The van der Waals surface area contributed by atoms with Gasteiger partial charge in [-0.1, -0.05) is 17.8 Å². The predicted molar refractivity (Wildman–Crippen MR) is 70.0 cm³/mol. The van der Waals surface area contributed by atoms with Crippen LogP contribution in [0.4, 0.5) is 0 Å². The van der Waals surface area contributed by atoms with E-state index < -0.39 is 0 Å². The first kappa shape index (κ1) is 12.1. The predicted octanol–water partition coefficient (Wildman–Crippen LogP) is 2.70. The summed E-state index contributed by atoms with van der Waals surface area (Å²) in [6, 6.07) is 7.96.